The number of ether oxygens (including phenoxy) is 2. The van der Waals surface area contributed by atoms with Crippen molar-refractivity contribution in [3.63, 3.8) is 0 Å². The Bertz CT molecular complexity index is 1150. The molecule has 1 aliphatic rings. The first-order chi connectivity index (χ1) is 14.6. The van der Waals surface area contributed by atoms with E-state index in [-0.39, 0.29) is 5.56 Å². The van der Waals surface area contributed by atoms with Gasteiger partial charge in [0, 0.05) is 45.3 Å². The van der Waals surface area contributed by atoms with Crippen molar-refractivity contribution >= 4 is 16.6 Å². The molecule has 0 bridgehead atoms. The quantitative estimate of drug-likeness (QED) is 0.664. The van der Waals surface area contributed by atoms with E-state index in [0.717, 1.165) is 37.6 Å². The minimum Gasteiger partial charge on any atom is -0.497 e. The van der Waals surface area contributed by atoms with E-state index in [9.17, 15) is 9.59 Å². The lowest BCUT2D eigenvalue weighted by atomic mass is 10.2. The highest BCUT2D eigenvalue weighted by Gasteiger charge is 2.20. The molecule has 1 aromatic heterocycles. The van der Waals surface area contributed by atoms with E-state index in [1.807, 2.05) is 18.2 Å². The van der Waals surface area contributed by atoms with Crippen LogP contribution in [0.5, 0.6) is 11.5 Å². The number of nitrogens with zero attached hydrogens (tertiary/aromatic N) is 3. The second-order valence-electron chi connectivity index (χ2n) is 7.30. The number of rotatable bonds is 6. The van der Waals surface area contributed by atoms with Gasteiger partial charge in [0.05, 0.1) is 30.8 Å². The Morgan fingerprint density at radius 2 is 1.70 bits per heavy atom. The summed E-state index contributed by atoms with van der Waals surface area (Å²) in [6.07, 6.45) is 0. The number of benzene rings is 2. The average molecular weight is 410 g/mol. The van der Waals surface area contributed by atoms with Crippen LogP contribution in [-0.4, -0.2) is 61.4 Å². The largest absolute Gasteiger partial charge is 0.497 e. The van der Waals surface area contributed by atoms with Crippen LogP contribution in [0.2, 0.25) is 0 Å². The predicted molar refractivity (Wildman–Crippen MR) is 117 cm³/mol. The number of H-pyrrole nitrogens is 1. The number of methoxy groups -OCH3 is 2. The average Bonchev–Trinajstić information content (AvgIpc) is 2.79. The molecule has 0 radical (unpaired) electrons. The molecule has 2 heterocycles. The Balaban J connectivity index is 1.43. The molecule has 0 amide bonds. The number of anilines is 1. The molecule has 1 saturated heterocycles. The van der Waals surface area contributed by atoms with Crippen molar-refractivity contribution in [2.24, 2.45) is 0 Å². The summed E-state index contributed by atoms with van der Waals surface area (Å²) in [7, 11) is 3.23. The number of fused-ring (bicyclic) bond motifs is 1. The van der Waals surface area contributed by atoms with Gasteiger partial charge in [-0.05, 0) is 24.3 Å². The fourth-order valence-electron chi connectivity index (χ4n) is 3.91. The number of aromatic nitrogens is 2. The topological polar surface area (TPSA) is 79.8 Å². The summed E-state index contributed by atoms with van der Waals surface area (Å²) in [5, 5.41) is 0.483. The van der Waals surface area contributed by atoms with Crippen molar-refractivity contribution in [3.05, 3.63) is 63.3 Å². The molecule has 0 aliphatic carbocycles. The first-order valence-electron chi connectivity index (χ1n) is 10.0. The molecule has 0 unspecified atom stereocenters. The van der Waals surface area contributed by atoms with Crippen molar-refractivity contribution in [1.82, 2.24) is 14.5 Å². The SMILES string of the molecule is COc1ccc2c(=O)n(CCN3CCN(c4ccccc4OC)CC3)c(=O)[nH]c2c1. The van der Waals surface area contributed by atoms with Crippen molar-refractivity contribution in [2.45, 2.75) is 6.54 Å². The third-order valence-corrected chi connectivity index (χ3v) is 5.63. The van der Waals surface area contributed by atoms with Gasteiger partial charge in [0.25, 0.3) is 5.56 Å². The number of hydrogen-bond acceptors (Lipinski definition) is 6. The van der Waals surface area contributed by atoms with Crippen LogP contribution < -0.4 is 25.6 Å². The second kappa shape index (κ2) is 8.62. The lowest BCUT2D eigenvalue weighted by Gasteiger charge is -2.36. The smallest absolute Gasteiger partial charge is 0.328 e. The monoisotopic (exact) mass is 410 g/mol. The Hall–Kier alpha value is -3.26. The Morgan fingerprint density at radius 3 is 2.43 bits per heavy atom. The molecule has 1 fully saturated rings. The Morgan fingerprint density at radius 1 is 0.933 bits per heavy atom. The third-order valence-electron chi connectivity index (χ3n) is 5.63. The van der Waals surface area contributed by atoms with Crippen LogP contribution in [0.4, 0.5) is 5.69 Å². The van der Waals surface area contributed by atoms with Crippen LogP contribution in [0.25, 0.3) is 10.9 Å². The standard InChI is InChI=1S/C22H26N4O4/c1-29-16-7-8-17-18(15-16)23-22(28)26(21(17)27)14-11-24-9-12-25(13-10-24)19-5-3-4-6-20(19)30-2/h3-8,15H,9-14H2,1-2H3,(H,23,28). The van der Waals surface area contributed by atoms with E-state index in [1.54, 1.807) is 32.4 Å². The highest BCUT2D eigenvalue weighted by Crippen LogP contribution is 2.28. The van der Waals surface area contributed by atoms with Crippen LogP contribution >= 0.6 is 0 Å². The van der Waals surface area contributed by atoms with E-state index >= 15 is 0 Å². The zero-order valence-electron chi connectivity index (χ0n) is 17.3. The summed E-state index contributed by atoms with van der Waals surface area (Å²) in [6, 6.07) is 13.1. The van der Waals surface area contributed by atoms with Crippen molar-refractivity contribution in [2.75, 3.05) is 51.8 Å². The van der Waals surface area contributed by atoms with Gasteiger partial charge >= 0.3 is 5.69 Å². The van der Waals surface area contributed by atoms with Crippen LogP contribution in [0.1, 0.15) is 0 Å². The van der Waals surface area contributed by atoms with Crippen LogP contribution in [0.3, 0.4) is 0 Å². The molecular formula is C22H26N4O4. The summed E-state index contributed by atoms with van der Waals surface area (Å²) in [5.41, 5.74) is 0.917. The zero-order valence-corrected chi connectivity index (χ0v) is 17.3. The molecule has 4 rings (SSSR count). The highest BCUT2D eigenvalue weighted by atomic mass is 16.5. The van der Waals surface area contributed by atoms with E-state index in [1.165, 1.54) is 4.57 Å². The first-order valence-corrected chi connectivity index (χ1v) is 10.0. The Kier molecular flexibility index (Phi) is 5.76. The van der Waals surface area contributed by atoms with Gasteiger partial charge in [0.1, 0.15) is 11.5 Å². The zero-order chi connectivity index (χ0) is 21.1. The van der Waals surface area contributed by atoms with Crippen molar-refractivity contribution in [3.8, 4) is 11.5 Å². The fourth-order valence-corrected chi connectivity index (χ4v) is 3.91. The summed E-state index contributed by atoms with van der Waals surface area (Å²) >= 11 is 0. The molecule has 3 aromatic rings. The maximum absolute atomic E-state index is 12.8. The molecule has 1 N–H and O–H groups in total. The molecule has 30 heavy (non-hydrogen) atoms. The molecule has 1 aliphatic heterocycles. The minimum absolute atomic E-state index is 0.274. The number of aromatic amines is 1. The molecular weight excluding hydrogens is 384 g/mol. The first kappa shape index (κ1) is 20.0. The lowest BCUT2D eigenvalue weighted by Crippen LogP contribution is -2.48. The second-order valence-corrected chi connectivity index (χ2v) is 7.30. The van der Waals surface area contributed by atoms with Gasteiger partial charge in [0.15, 0.2) is 0 Å². The Labute approximate surface area is 174 Å². The molecule has 8 heteroatoms. The fraction of sp³-hybridized carbons (Fsp3) is 0.364. The number of para-hydroxylation sites is 2. The maximum Gasteiger partial charge on any atom is 0.328 e. The van der Waals surface area contributed by atoms with E-state index in [4.69, 9.17) is 9.47 Å². The molecule has 8 nitrogen and oxygen atoms in total. The van der Waals surface area contributed by atoms with Crippen LogP contribution in [0, 0.1) is 0 Å². The number of piperazine rings is 1. The summed E-state index contributed by atoms with van der Waals surface area (Å²) in [6.45, 7) is 4.44. The van der Waals surface area contributed by atoms with E-state index in [0.29, 0.717) is 29.7 Å². The van der Waals surface area contributed by atoms with Crippen LogP contribution in [-0.2, 0) is 6.54 Å². The van der Waals surface area contributed by atoms with Crippen LogP contribution in [0.15, 0.2) is 52.1 Å². The van der Waals surface area contributed by atoms with Gasteiger partial charge < -0.3 is 19.4 Å². The summed E-state index contributed by atoms with van der Waals surface area (Å²) in [5.74, 6) is 1.47. The molecule has 158 valence electrons. The van der Waals surface area contributed by atoms with E-state index in [2.05, 4.69) is 20.9 Å². The summed E-state index contributed by atoms with van der Waals surface area (Å²) < 4.78 is 11.9. The normalized spacial score (nSPS) is 14.8. The predicted octanol–water partition coefficient (Wildman–Crippen LogP) is 1.53. The van der Waals surface area contributed by atoms with Crippen molar-refractivity contribution in [1.29, 1.82) is 0 Å². The number of nitrogens with one attached hydrogen (secondary N) is 1. The third kappa shape index (κ3) is 3.91. The maximum atomic E-state index is 12.8. The number of hydrogen-bond donors (Lipinski definition) is 1. The van der Waals surface area contributed by atoms with Gasteiger partial charge in [0.2, 0.25) is 0 Å². The van der Waals surface area contributed by atoms with E-state index < -0.39 is 5.69 Å². The van der Waals surface area contributed by atoms with Gasteiger partial charge in [-0.15, -0.1) is 0 Å². The summed E-state index contributed by atoms with van der Waals surface area (Å²) in [4.78, 5) is 32.6. The highest BCUT2D eigenvalue weighted by molar-refractivity contribution is 5.78. The molecule has 2 aromatic carbocycles. The van der Waals surface area contributed by atoms with Crippen molar-refractivity contribution < 1.29 is 9.47 Å². The molecule has 0 saturated carbocycles. The molecule has 0 spiro atoms. The lowest BCUT2D eigenvalue weighted by molar-refractivity contribution is 0.245. The van der Waals surface area contributed by atoms with Gasteiger partial charge in [-0.1, -0.05) is 12.1 Å². The minimum atomic E-state index is -0.395. The van der Waals surface area contributed by atoms with Gasteiger partial charge in [-0.25, -0.2) is 4.79 Å². The molecule has 0 atom stereocenters. The van der Waals surface area contributed by atoms with Gasteiger partial charge in [-0.3, -0.25) is 14.3 Å². The van der Waals surface area contributed by atoms with Gasteiger partial charge in [-0.2, -0.15) is 0 Å².